The smallest absolute Gasteiger partial charge is 0.344 e. The molecule has 0 bridgehead atoms. The summed E-state index contributed by atoms with van der Waals surface area (Å²) in [5, 5.41) is 1.01. The lowest BCUT2D eigenvalue weighted by molar-refractivity contribution is -0.145. The van der Waals surface area contributed by atoms with Crippen molar-refractivity contribution in [3.8, 4) is 11.5 Å². The van der Waals surface area contributed by atoms with Gasteiger partial charge in [0.25, 0.3) is 0 Å². The predicted molar refractivity (Wildman–Crippen MR) is 99.8 cm³/mol. The zero-order valence-electron chi connectivity index (χ0n) is 14.7. The number of ether oxygens (including phenoxy) is 3. The quantitative estimate of drug-likeness (QED) is 0.552. The SMILES string of the molecule is CCOC(=O)COc1ccc2c(c1)O/C(=C/c1c[nH]c3ccccc13)C2=O. The number of aromatic amines is 1. The molecular formula is C21H17NO5. The summed E-state index contributed by atoms with van der Waals surface area (Å²) in [7, 11) is 0. The number of esters is 1. The number of aromatic nitrogens is 1. The minimum absolute atomic E-state index is 0.188. The fourth-order valence-electron chi connectivity index (χ4n) is 2.96. The zero-order valence-corrected chi connectivity index (χ0v) is 14.7. The minimum Gasteiger partial charge on any atom is -0.482 e. The fraction of sp³-hybridized carbons (Fsp3) is 0.143. The van der Waals surface area contributed by atoms with Crippen molar-refractivity contribution >= 4 is 28.7 Å². The Balaban J connectivity index is 1.56. The second-order valence-electron chi connectivity index (χ2n) is 5.98. The van der Waals surface area contributed by atoms with Crippen LogP contribution in [0.15, 0.2) is 54.4 Å². The lowest BCUT2D eigenvalue weighted by atomic mass is 10.1. The van der Waals surface area contributed by atoms with Crippen LogP contribution < -0.4 is 9.47 Å². The first-order valence-electron chi connectivity index (χ1n) is 8.58. The van der Waals surface area contributed by atoms with Crippen molar-refractivity contribution in [3.63, 3.8) is 0 Å². The number of allylic oxidation sites excluding steroid dienone is 1. The number of fused-ring (bicyclic) bond motifs is 2. The number of benzene rings is 2. The van der Waals surface area contributed by atoms with Gasteiger partial charge in [-0.05, 0) is 31.2 Å². The number of nitrogens with one attached hydrogen (secondary N) is 1. The summed E-state index contributed by atoms with van der Waals surface area (Å²) < 4.78 is 16.0. The predicted octanol–water partition coefficient (Wildman–Crippen LogP) is 3.73. The van der Waals surface area contributed by atoms with Gasteiger partial charge >= 0.3 is 5.97 Å². The van der Waals surface area contributed by atoms with E-state index in [2.05, 4.69) is 4.98 Å². The van der Waals surface area contributed by atoms with Gasteiger partial charge in [-0.15, -0.1) is 0 Å². The van der Waals surface area contributed by atoms with Crippen LogP contribution in [0, 0.1) is 0 Å². The molecule has 0 saturated heterocycles. The molecule has 27 heavy (non-hydrogen) atoms. The number of carbonyl (C=O) groups excluding carboxylic acids is 2. The molecule has 136 valence electrons. The first-order valence-corrected chi connectivity index (χ1v) is 8.58. The molecule has 6 heteroatoms. The van der Waals surface area contributed by atoms with Crippen LogP contribution in [-0.4, -0.2) is 30.0 Å². The molecule has 0 spiro atoms. The van der Waals surface area contributed by atoms with Crippen LogP contribution in [0.2, 0.25) is 0 Å². The van der Waals surface area contributed by atoms with Gasteiger partial charge < -0.3 is 19.2 Å². The number of hydrogen-bond acceptors (Lipinski definition) is 5. The van der Waals surface area contributed by atoms with Crippen molar-refractivity contribution in [1.82, 2.24) is 4.98 Å². The summed E-state index contributed by atoms with van der Waals surface area (Å²) in [6.45, 7) is 1.83. The molecule has 6 nitrogen and oxygen atoms in total. The number of rotatable bonds is 5. The van der Waals surface area contributed by atoms with E-state index in [1.165, 1.54) is 0 Å². The highest BCUT2D eigenvalue weighted by Gasteiger charge is 2.28. The number of ketones is 1. The second-order valence-corrected chi connectivity index (χ2v) is 5.98. The van der Waals surface area contributed by atoms with Crippen LogP contribution in [-0.2, 0) is 9.53 Å². The van der Waals surface area contributed by atoms with Crippen molar-refractivity contribution < 1.29 is 23.8 Å². The van der Waals surface area contributed by atoms with Gasteiger partial charge in [-0.2, -0.15) is 0 Å². The Labute approximate surface area is 155 Å². The standard InChI is InChI=1S/C21H17NO5/c1-2-25-20(23)12-26-14-7-8-16-18(10-14)27-19(21(16)24)9-13-11-22-17-6-4-3-5-15(13)17/h3-11,22H,2,12H2,1H3/b19-9+. The van der Waals surface area contributed by atoms with Crippen LogP contribution in [0.25, 0.3) is 17.0 Å². The van der Waals surface area contributed by atoms with Crippen molar-refractivity contribution in [3.05, 3.63) is 65.5 Å². The third kappa shape index (κ3) is 3.29. The Morgan fingerprint density at radius 1 is 1.22 bits per heavy atom. The summed E-state index contributed by atoms with van der Waals surface area (Å²) >= 11 is 0. The summed E-state index contributed by atoms with van der Waals surface area (Å²) in [6, 6.07) is 12.7. The molecule has 0 saturated carbocycles. The van der Waals surface area contributed by atoms with E-state index in [0.717, 1.165) is 16.5 Å². The zero-order chi connectivity index (χ0) is 18.8. The van der Waals surface area contributed by atoms with Crippen LogP contribution in [0.3, 0.4) is 0 Å². The molecule has 0 unspecified atom stereocenters. The van der Waals surface area contributed by atoms with E-state index in [-0.39, 0.29) is 18.1 Å². The van der Waals surface area contributed by atoms with E-state index in [9.17, 15) is 9.59 Å². The molecule has 1 N–H and O–H groups in total. The van der Waals surface area contributed by atoms with E-state index in [0.29, 0.717) is 23.7 Å². The third-order valence-corrected chi connectivity index (χ3v) is 4.21. The van der Waals surface area contributed by atoms with E-state index in [1.54, 1.807) is 31.2 Å². The second kappa shape index (κ2) is 6.99. The van der Waals surface area contributed by atoms with Gasteiger partial charge in [0.05, 0.1) is 12.2 Å². The van der Waals surface area contributed by atoms with Crippen LogP contribution in [0.4, 0.5) is 0 Å². The Morgan fingerprint density at radius 3 is 2.93 bits per heavy atom. The molecule has 0 amide bonds. The third-order valence-electron chi connectivity index (χ3n) is 4.21. The van der Waals surface area contributed by atoms with Gasteiger partial charge in [-0.3, -0.25) is 4.79 Å². The minimum atomic E-state index is -0.449. The molecule has 1 aromatic heterocycles. The van der Waals surface area contributed by atoms with Crippen LogP contribution in [0.5, 0.6) is 11.5 Å². The fourth-order valence-corrected chi connectivity index (χ4v) is 2.96. The first-order chi connectivity index (χ1) is 13.2. The maximum Gasteiger partial charge on any atom is 0.344 e. The van der Waals surface area contributed by atoms with Gasteiger partial charge in [0.1, 0.15) is 11.5 Å². The molecule has 0 atom stereocenters. The molecule has 0 fully saturated rings. The number of para-hydroxylation sites is 1. The van der Waals surface area contributed by atoms with Crippen LogP contribution in [0.1, 0.15) is 22.8 Å². The highest BCUT2D eigenvalue weighted by atomic mass is 16.6. The van der Waals surface area contributed by atoms with E-state index in [1.807, 2.05) is 30.5 Å². The van der Waals surface area contributed by atoms with E-state index < -0.39 is 5.97 Å². The number of H-pyrrole nitrogens is 1. The molecule has 2 heterocycles. The average Bonchev–Trinajstić information content (AvgIpc) is 3.22. The summed E-state index contributed by atoms with van der Waals surface area (Å²) in [5.41, 5.74) is 2.33. The van der Waals surface area contributed by atoms with Gasteiger partial charge in [-0.1, -0.05) is 18.2 Å². The highest BCUT2D eigenvalue weighted by molar-refractivity contribution is 6.15. The Hall–Kier alpha value is -3.54. The maximum atomic E-state index is 12.6. The van der Waals surface area contributed by atoms with Crippen LogP contribution >= 0.6 is 0 Å². The summed E-state index contributed by atoms with van der Waals surface area (Å²) in [6.07, 6.45) is 3.56. The Morgan fingerprint density at radius 2 is 2.07 bits per heavy atom. The summed E-state index contributed by atoms with van der Waals surface area (Å²) in [5.74, 6) is 0.454. The number of carbonyl (C=O) groups is 2. The van der Waals surface area contributed by atoms with Gasteiger partial charge in [0.15, 0.2) is 12.4 Å². The Bertz CT molecular complexity index is 1060. The lowest BCUT2D eigenvalue weighted by Crippen LogP contribution is -2.14. The van der Waals surface area contributed by atoms with Gasteiger partial charge in [0.2, 0.25) is 5.78 Å². The van der Waals surface area contributed by atoms with Crippen molar-refractivity contribution in [1.29, 1.82) is 0 Å². The van der Waals surface area contributed by atoms with Crippen molar-refractivity contribution in [2.45, 2.75) is 6.92 Å². The molecule has 0 aliphatic carbocycles. The number of hydrogen-bond donors (Lipinski definition) is 1. The molecule has 2 aromatic carbocycles. The normalized spacial score (nSPS) is 14.3. The van der Waals surface area contributed by atoms with Crippen molar-refractivity contribution in [2.24, 2.45) is 0 Å². The monoisotopic (exact) mass is 363 g/mol. The summed E-state index contributed by atoms with van der Waals surface area (Å²) in [4.78, 5) is 27.2. The lowest BCUT2D eigenvalue weighted by Gasteiger charge is -2.06. The molecular weight excluding hydrogens is 346 g/mol. The van der Waals surface area contributed by atoms with Gasteiger partial charge in [0, 0.05) is 28.7 Å². The topological polar surface area (TPSA) is 77.6 Å². The van der Waals surface area contributed by atoms with Crippen molar-refractivity contribution in [2.75, 3.05) is 13.2 Å². The molecule has 3 aromatic rings. The van der Waals surface area contributed by atoms with E-state index >= 15 is 0 Å². The van der Waals surface area contributed by atoms with Gasteiger partial charge in [-0.25, -0.2) is 4.79 Å². The molecule has 4 rings (SSSR count). The largest absolute Gasteiger partial charge is 0.482 e. The van der Waals surface area contributed by atoms with E-state index in [4.69, 9.17) is 14.2 Å². The molecule has 1 aliphatic rings. The highest BCUT2D eigenvalue weighted by Crippen LogP contribution is 2.35. The molecule has 1 aliphatic heterocycles. The maximum absolute atomic E-state index is 12.6. The average molecular weight is 363 g/mol. The first kappa shape index (κ1) is 16.9. The number of Topliss-reactive ketones (excluding diaryl/α,β-unsaturated/α-hetero) is 1. The Kier molecular flexibility index (Phi) is 4.38. The molecule has 0 radical (unpaired) electrons.